The van der Waals surface area contributed by atoms with Crippen molar-refractivity contribution < 1.29 is 4.39 Å². The molecule has 1 aliphatic heterocycles. The standard InChI is InChI=1S/C14H15FN2S2/c1-16-14(9-4-11(15)7-17-6-9)13-5-10-8-18-3-2-12(10)19-13/h4-7,14,16H,2-3,8H2,1H3. The minimum absolute atomic E-state index is 0.0313. The van der Waals surface area contributed by atoms with Gasteiger partial charge in [0.1, 0.15) is 5.82 Å². The number of fused-ring (bicyclic) bond motifs is 1. The lowest BCUT2D eigenvalue weighted by molar-refractivity contribution is 0.610. The Hall–Kier alpha value is -0.910. The summed E-state index contributed by atoms with van der Waals surface area (Å²) in [4.78, 5) is 6.68. The van der Waals surface area contributed by atoms with E-state index in [0.717, 1.165) is 17.7 Å². The number of hydrogen-bond donors (Lipinski definition) is 1. The number of halogens is 1. The van der Waals surface area contributed by atoms with E-state index in [1.807, 2.05) is 30.1 Å². The lowest BCUT2D eigenvalue weighted by Gasteiger charge is -2.14. The topological polar surface area (TPSA) is 24.9 Å². The van der Waals surface area contributed by atoms with Gasteiger partial charge in [0.15, 0.2) is 0 Å². The summed E-state index contributed by atoms with van der Waals surface area (Å²) in [6, 6.07) is 3.85. The number of thioether (sulfide) groups is 1. The van der Waals surface area contributed by atoms with Crippen molar-refractivity contribution in [2.45, 2.75) is 18.2 Å². The second-order valence-corrected chi connectivity index (χ2v) is 6.83. The maximum absolute atomic E-state index is 13.3. The third-order valence-corrected chi connectivity index (χ3v) is 5.59. The summed E-state index contributed by atoms with van der Waals surface area (Å²) in [6.07, 6.45) is 4.13. The summed E-state index contributed by atoms with van der Waals surface area (Å²) in [6.45, 7) is 0. The molecule has 0 aliphatic carbocycles. The minimum Gasteiger partial charge on any atom is -0.309 e. The van der Waals surface area contributed by atoms with Crippen LogP contribution in [0.5, 0.6) is 0 Å². The second-order valence-electron chi connectivity index (χ2n) is 4.56. The molecule has 0 saturated carbocycles. The van der Waals surface area contributed by atoms with Gasteiger partial charge in [-0.3, -0.25) is 4.98 Å². The lowest BCUT2D eigenvalue weighted by atomic mass is 10.1. The third kappa shape index (κ3) is 2.68. The van der Waals surface area contributed by atoms with E-state index in [-0.39, 0.29) is 11.9 Å². The van der Waals surface area contributed by atoms with E-state index in [9.17, 15) is 4.39 Å². The quantitative estimate of drug-likeness (QED) is 0.939. The fourth-order valence-electron chi connectivity index (χ4n) is 2.37. The Morgan fingerprint density at radius 3 is 3.00 bits per heavy atom. The predicted molar refractivity (Wildman–Crippen MR) is 79.3 cm³/mol. The Morgan fingerprint density at radius 2 is 2.26 bits per heavy atom. The van der Waals surface area contributed by atoms with Gasteiger partial charge in [0, 0.05) is 21.7 Å². The summed E-state index contributed by atoms with van der Waals surface area (Å²) in [5.74, 6) is 2.03. The van der Waals surface area contributed by atoms with E-state index in [1.54, 1.807) is 12.3 Å². The number of nitrogens with zero attached hydrogens (tertiary/aromatic N) is 1. The Kier molecular flexibility index (Phi) is 3.86. The third-order valence-electron chi connectivity index (χ3n) is 3.28. The smallest absolute Gasteiger partial charge is 0.141 e. The van der Waals surface area contributed by atoms with E-state index < -0.39 is 0 Å². The summed E-state index contributed by atoms with van der Waals surface area (Å²) in [5.41, 5.74) is 2.33. The molecule has 2 aromatic rings. The van der Waals surface area contributed by atoms with Gasteiger partial charge in [-0.05, 0) is 42.5 Å². The van der Waals surface area contributed by atoms with E-state index in [4.69, 9.17) is 0 Å². The minimum atomic E-state index is -0.283. The first kappa shape index (κ1) is 13.1. The van der Waals surface area contributed by atoms with Crippen LogP contribution in [0, 0.1) is 5.82 Å². The first-order chi connectivity index (χ1) is 9.28. The summed E-state index contributed by atoms with van der Waals surface area (Å²) in [5, 5.41) is 3.27. The molecule has 1 atom stereocenters. The average Bonchev–Trinajstić information content (AvgIpc) is 2.83. The van der Waals surface area contributed by atoms with Gasteiger partial charge in [-0.15, -0.1) is 11.3 Å². The van der Waals surface area contributed by atoms with Crippen LogP contribution in [0.2, 0.25) is 0 Å². The molecule has 100 valence electrons. The fraction of sp³-hybridized carbons (Fsp3) is 0.357. The van der Waals surface area contributed by atoms with Crippen LogP contribution >= 0.6 is 23.1 Å². The second kappa shape index (κ2) is 5.61. The van der Waals surface area contributed by atoms with Gasteiger partial charge in [0.05, 0.1) is 12.2 Å². The molecule has 5 heteroatoms. The number of aryl methyl sites for hydroxylation is 1. The Morgan fingerprint density at radius 1 is 1.37 bits per heavy atom. The average molecular weight is 294 g/mol. The molecule has 3 heterocycles. The molecule has 1 N–H and O–H groups in total. The molecule has 0 saturated heterocycles. The van der Waals surface area contributed by atoms with Crippen LogP contribution in [0.1, 0.15) is 26.9 Å². The number of rotatable bonds is 3. The van der Waals surface area contributed by atoms with E-state index in [1.165, 1.54) is 27.3 Å². The number of thiophene rings is 1. The maximum atomic E-state index is 13.3. The molecule has 2 nitrogen and oxygen atoms in total. The van der Waals surface area contributed by atoms with Gasteiger partial charge >= 0.3 is 0 Å². The molecule has 0 spiro atoms. The zero-order valence-corrected chi connectivity index (χ0v) is 12.3. The Labute approximate surface area is 120 Å². The molecule has 1 aliphatic rings. The number of nitrogens with one attached hydrogen (secondary N) is 1. The highest BCUT2D eigenvalue weighted by atomic mass is 32.2. The van der Waals surface area contributed by atoms with Crippen molar-refractivity contribution >= 4 is 23.1 Å². The first-order valence-corrected chi connectivity index (χ1v) is 8.22. The molecule has 2 aromatic heterocycles. The number of aromatic nitrogens is 1. The van der Waals surface area contributed by atoms with Crippen LogP contribution in [0.4, 0.5) is 4.39 Å². The van der Waals surface area contributed by atoms with E-state index in [0.29, 0.717) is 0 Å². The molecule has 1 unspecified atom stereocenters. The number of hydrogen-bond acceptors (Lipinski definition) is 4. The Bertz CT molecular complexity index is 559. The zero-order valence-electron chi connectivity index (χ0n) is 10.6. The van der Waals surface area contributed by atoms with Crippen molar-refractivity contribution in [1.29, 1.82) is 0 Å². The number of pyridine rings is 1. The van der Waals surface area contributed by atoms with Gasteiger partial charge in [-0.25, -0.2) is 4.39 Å². The van der Waals surface area contributed by atoms with Crippen LogP contribution in [-0.2, 0) is 12.2 Å². The van der Waals surface area contributed by atoms with Gasteiger partial charge in [0.2, 0.25) is 0 Å². The predicted octanol–water partition coefficient (Wildman–Crippen LogP) is 3.38. The van der Waals surface area contributed by atoms with Crippen LogP contribution in [-0.4, -0.2) is 17.8 Å². The molecule has 0 aromatic carbocycles. The van der Waals surface area contributed by atoms with E-state index in [2.05, 4.69) is 16.4 Å². The van der Waals surface area contributed by atoms with Crippen LogP contribution < -0.4 is 5.32 Å². The van der Waals surface area contributed by atoms with Gasteiger partial charge < -0.3 is 5.32 Å². The zero-order chi connectivity index (χ0) is 13.2. The van der Waals surface area contributed by atoms with Crippen molar-refractivity contribution in [2.75, 3.05) is 12.8 Å². The molecular weight excluding hydrogens is 279 g/mol. The molecular formula is C14H15FN2S2. The van der Waals surface area contributed by atoms with Crippen LogP contribution in [0.25, 0.3) is 0 Å². The molecule has 0 bridgehead atoms. The van der Waals surface area contributed by atoms with Crippen molar-refractivity contribution in [3.8, 4) is 0 Å². The SMILES string of the molecule is CNC(c1cncc(F)c1)c1cc2c(s1)CCSC2. The molecule has 0 radical (unpaired) electrons. The molecule has 0 fully saturated rings. The van der Waals surface area contributed by atoms with Gasteiger partial charge in [0.25, 0.3) is 0 Å². The molecule has 0 amide bonds. The van der Waals surface area contributed by atoms with Crippen molar-refractivity contribution in [2.24, 2.45) is 0 Å². The van der Waals surface area contributed by atoms with Crippen molar-refractivity contribution in [1.82, 2.24) is 10.3 Å². The summed E-state index contributed by atoms with van der Waals surface area (Å²) < 4.78 is 13.3. The largest absolute Gasteiger partial charge is 0.309 e. The van der Waals surface area contributed by atoms with Gasteiger partial charge in [-0.1, -0.05) is 0 Å². The fourth-order valence-corrected chi connectivity index (χ4v) is 4.89. The molecule has 19 heavy (non-hydrogen) atoms. The Balaban J connectivity index is 1.96. The van der Waals surface area contributed by atoms with Crippen molar-refractivity contribution in [3.63, 3.8) is 0 Å². The van der Waals surface area contributed by atoms with E-state index >= 15 is 0 Å². The maximum Gasteiger partial charge on any atom is 0.141 e. The monoisotopic (exact) mass is 294 g/mol. The highest BCUT2D eigenvalue weighted by molar-refractivity contribution is 7.98. The van der Waals surface area contributed by atoms with Crippen LogP contribution in [0.15, 0.2) is 24.5 Å². The molecule has 3 rings (SSSR count). The van der Waals surface area contributed by atoms with Gasteiger partial charge in [-0.2, -0.15) is 11.8 Å². The van der Waals surface area contributed by atoms with Crippen molar-refractivity contribution in [3.05, 3.63) is 51.2 Å². The summed E-state index contributed by atoms with van der Waals surface area (Å²) >= 11 is 3.83. The highest BCUT2D eigenvalue weighted by Crippen LogP contribution is 2.36. The summed E-state index contributed by atoms with van der Waals surface area (Å²) in [7, 11) is 1.91. The highest BCUT2D eigenvalue weighted by Gasteiger charge is 2.20. The van der Waals surface area contributed by atoms with Crippen LogP contribution in [0.3, 0.4) is 0 Å². The first-order valence-electron chi connectivity index (χ1n) is 6.25. The lowest BCUT2D eigenvalue weighted by Crippen LogP contribution is -2.16. The normalized spacial score (nSPS) is 16.1.